The van der Waals surface area contributed by atoms with E-state index in [0.717, 1.165) is 6.42 Å². The van der Waals surface area contributed by atoms with Gasteiger partial charge in [0.05, 0.1) is 0 Å². The van der Waals surface area contributed by atoms with Crippen molar-refractivity contribution in [1.29, 1.82) is 0 Å². The highest BCUT2D eigenvalue weighted by Crippen LogP contribution is 2.46. The van der Waals surface area contributed by atoms with Crippen LogP contribution in [0.25, 0.3) is 0 Å². The number of carbonyl (C=O) groups is 1. The first-order valence-corrected chi connectivity index (χ1v) is 6.18. The van der Waals surface area contributed by atoms with Crippen molar-refractivity contribution in [3.05, 3.63) is 12.2 Å². The molecular formula is C9H17O4P. The summed E-state index contributed by atoms with van der Waals surface area (Å²) >= 11 is 0. The lowest BCUT2D eigenvalue weighted by molar-refractivity contribution is -0.116. The molecule has 0 unspecified atom stereocenters. The molecule has 4 nitrogen and oxygen atoms in total. The SMILES string of the molecule is CC/C=C\CC(=O)CP(=O)(OC)OC. The molecule has 0 N–H and O–H groups in total. The Labute approximate surface area is 84.8 Å². The summed E-state index contributed by atoms with van der Waals surface area (Å²) in [4.78, 5) is 11.3. The highest BCUT2D eigenvalue weighted by molar-refractivity contribution is 7.54. The number of ketones is 1. The zero-order valence-electron chi connectivity index (χ0n) is 8.86. The molecule has 0 aromatic heterocycles. The molecule has 0 aliphatic heterocycles. The van der Waals surface area contributed by atoms with Crippen LogP contribution in [0, 0.1) is 0 Å². The van der Waals surface area contributed by atoms with Gasteiger partial charge in [0.25, 0.3) is 0 Å². The minimum absolute atomic E-state index is 0.137. The summed E-state index contributed by atoms with van der Waals surface area (Å²) in [5.74, 6) is -0.137. The van der Waals surface area contributed by atoms with Crippen LogP contribution in [0.15, 0.2) is 12.2 Å². The number of Topliss-reactive ketones (excluding diaryl/α,β-unsaturated/α-hetero) is 1. The molecule has 0 aliphatic rings. The van der Waals surface area contributed by atoms with Crippen LogP contribution in [0.5, 0.6) is 0 Å². The largest absolute Gasteiger partial charge is 0.337 e. The molecular weight excluding hydrogens is 203 g/mol. The fourth-order valence-electron chi connectivity index (χ4n) is 0.866. The predicted octanol–water partition coefficient (Wildman–Crippen LogP) is 2.40. The Kier molecular flexibility index (Phi) is 6.71. The fourth-order valence-corrected chi connectivity index (χ4v) is 1.83. The number of rotatable bonds is 7. The summed E-state index contributed by atoms with van der Waals surface area (Å²) in [5.41, 5.74) is 0. The van der Waals surface area contributed by atoms with E-state index >= 15 is 0 Å². The van der Waals surface area contributed by atoms with Crippen LogP contribution in [0.3, 0.4) is 0 Å². The summed E-state index contributed by atoms with van der Waals surface area (Å²) < 4.78 is 20.8. The van der Waals surface area contributed by atoms with E-state index < -0.39 is 7.60 Å². The van der Waals surface area contributed by atoms with E-state index in [9.17, 15) is 9.36 Å². The van der Waals surface area contributed by atoms with Crippen molar-refractivity contribution in [1.82, 2.24) is 0 Å². The maximum atomic E-state index is 11.5. The van der Waals surface area contributed by atoms with Crippen LogP contribution in [0.1, 0.15) is 19.8 Å². The predicted molar refractivity (Wildman–Crippen MR) is 55.5 cm³/mol. The molecule has 0 radical (unpaired) electrons. The lowest BCUT2D eigenvalue weighted by Gasteiger charge is -2.11. The zero-order chi connectivity index (χ0) is 11.0. The Balaban J connectivity index is 4.05. The number of carbonyl (C=O) groups excluding carboxylic acids is 1. The molecule has 0 saturated carbocycles. The monoisotopic (exact) mass is 220 g/mol. The third kappa shape index (κ3) is 5.32. The third-order valence-electron chi connectivity index (χ3n) is 1.67. The van der Waals surface area contributed by atoms with E-state index in [1.165, 1.54) is 14.2 Å². The van der Waals surface area contributed by atoms with Crippen molar-refractivity contribution >= 4 is 13.4 Å². The van der Waals surface area contributed by atoms with Gasteiger partial charge in [-0.2, -0.15) is 0 Å². The van der Waals surface area contributed by atoms with Crippen LogP contribution < -0.4 is 0 Å². The average molecular weight is 220 g/mol. The average Bonchev–Trinajstić information content (AvgIpc) is 2.18. The van der Waals surface area contributed by atoms with Crippen molar-refractivity contribution < 1.29 is 18.4 Å². The van der Waals surface area contributed by atoms with Gasteiger partial charge in [-0.3, -0.25) is 9.36 Å². The van der Waals surface area contributed by atoms with Crippen LogP contribution in [-0.4, -0.2) is 26.2 Å². The first kappa shape index (κ1) is 13.6. The zero-order valence-corrected chi connectivity index (χ0v) is 9.75. The Hall–Kier alpha value is -0.440. The minimum atomic E-state index is -3.17. The minimum Gasteiger partial charge on any atom is -0.312 e. The van der Waals surface area contributed by atoms with E-state index in [4.69, 9.17) is 0 Å². The van der Waals surface area contributed by atoms with Gasteiger partial charge in [0.15, 0.2) is 0 Å². The van der Waals surface area contributed by atoms with Gasteiger partial charge in [-0.05, 0) is 6.42 Å². The van der Waals surface area contributed by atoms with Gasteiger partial charge in [-0.15, -0.1) is 0 Å². The Morgan fingerprint density at radius 2 is 1.86 bits per heavy atom. The lowest BCUT2D eigenvalue weighted by atomic mass is 10.3. The van der Waals surface area contributed by atoms with Crippen molar-refractivity contribution in [2.45, 2.75) is 19.8 Å². The molecule has 0 aliphatic carbocycles. The van der Waals surface area contributed by atoms with Gasteiger partial charge in [0.1, 0.15) is 11.9 Å². The second kappa shape index (κ2) is 6.93. The smallest absolute Gasteiger partial charge is 0.312 e. The van der Waals surface area contributed by atoms with E-state index in [1.807, 2.05) is 13.0 Å². The molecule has 0 saturated heterocycles. The van der Waals surface area contributed by atoms with Crippen molar-refractivity contribution in [3.8, 4) is 0 Å². The van der Waals surface area contributed by atoms with Crippen LogP contribution >= 0.6 is 7.60 Å². The molecule has 0 heterocycles. The molecule has 0 rings (SSSR count). The molecule has 0 bridgehead atoms. The second-order valence-electron chi connectivity index (χ2n) is 2.76. The van der Waals surface area contributed by atoms with E-state index in [-0.39, 0.29) is 18.4 Å². The molecule has 0 amide bonds. The van der Waals surface area contributed by atoms with E-state index in [1.54, 1.807) is 6.08 Å². The first-order valence-electron chi connectivity index (χ1n) is 4.45. The molecule has 5 heteroatoms. The molecule has 0 fully saturated rings. The number of hydrogen-bond acceptors (Lipinski definition) is 4. The maximum Gasteiger partial charge on any atom is 0.337 e. The van der Waals surface area contributed by atoms with Gasteiger partial charge in [0.2, 0.25) is 0 Å². The van der Waals surface area contributed by atoms with Crippen LogP contribution in [0.4, 0.5) is 0 Å². The summed E-state index contributed by atoms with van der Waals surface area (Å²) in [6.07, 6.45) is 4.67. The molecule has 82 valence electrons. The van der Waals surface area contributed by atoms with Crippen molar-refractivity contribution in [2.24, 2.45) is 0 Å². The van der Waals surface area contributed by atoms with Crippen LogP contribution in [0.2, 0.25) is 0 Å². The van der Waals surface area contributed by atoms with E-state index in [0.29, 0.717) is 0 Å². The quantitative estimate of drug-likeness (QED) is 0.488. The standard InChI is InChI=1S/C9H17O4P/c1-4-5-6-7-9(10)8-14(11,12-2)13-3/h5-6H,4,7-8H2,1-3H3/b6-5-. The summed E-state index contributed by atoms with van der Waals surface area (Å²) in [5, 5.41) is 0. The van der Waals surface area contributed by atoms with Gasteiger partial charge in [-0.1, -0.05) is 19.1 Å². The second-order valence-corrected chi connectivity index (χ2v) is 5.02. The highest BCUT2D eigenvalue weighted by Gasteiger charge is 2.24. The van der Waals surface area contributed by atoms with Crippen molar-refractivity contribution in [3.63, 3.8) is 0 Å². The van der Waals surface area contributed by atoms with Crippen LogP contribution in [-0.2, 0) is 18.4 Å². The Morgan fingerprint density at radius 1 is 1.29 bits per heavy atom. The molecule has 0 aromatic rings. The van der Waals surface area contributed by atoms with Gasteiger partial charge in [0, 0.05) is 20.6 Å². The highest BCUT2D eigenvalue weighted by atomic mass is 31.2. The van der Waals surface area contributed by atoms with Gasteiger partial charge < -0.3 is 9.05 Å². The molecule has 0 aromatic carbocycles. The topological polar surface area (TPSA) is 52.6 Å². The molecule has 0 spiro atoms. The fraction of sp³-hybridized carbons (Fsp3) is 0.667. The van der Waals surface area contributed by atoms with Crippen molar-refractivity contribution in [2.75, 3.05) is 20.4 Å². The Morgan fingerprint density at radius 3 is 2.29 bits per heavy atom. The number of hydrogen-bond donors (Lipinski definition) is 0. The summed E-state index contributed by atoms with van der Waals surface area (Å²) in [6.45, 7) is 1.98. The van der Waals surface area contributed by atoms with Gasteiger partial charge in [-0.25, -0.2) is 0 Å². The first-order chi connectivity index (χ1) is 6.58. The summed E-state index contributed by atoms with van der Waals surface area (Å²) in [7, 11) is -0.615. The molecule has 0 atom stereocenters. The third-order valence-corrected chi connectivity index (χ3v) is 3.53. The number of allylic oxidation sites excluding steroid dienone is 2. The van der Waals surface area contributed by atoms with Gasteiger partial charge >= 0.3 is 7.60 Å². The molecule has 14 heavy (non-hydrogen) atoms. The normalized spacial score (nSPS) is 12.2. The maximum absolute atomic E-state index is 11.5. The lowest BCUT2D eigenvalue weighted by Crippen LogP contribution is -2.06. The Bertz CT molecular complexity index is 239. The summed E-state index contributed by atoms with van der Waals surface area (Å²) in [6, 6.07) is 0. The van der Waals surface area contributed by atoms with E-state index in [2.05, 4.69) is 9.05 Å².